The summed E-state index contributed by atoms with van der Waals surface area (Å²) >= 11 is 0. The molecule has 30 heavy (non-hydrogen) atoms. The maximum atomic E-state index is 12.7. The van der Waals surface area contributed by atoms with Crippen LogP contribution < -0.4 is 15.5 Å². The van der Waals surface area contributed by atoms with E-state index in [0.717, 1.165) is 0 Å². The highest BCUT2D eigenvalue weighted by atomic mass is 16.3. The molecule has 1 aliphatic heterocycles. The Bertz CT molecular complexity index is 702. The Morgan fingerprint density at radius 1 is 1.23 bits per heavy atom. The summed E-state index contributed by atoms with van der Waals surface area (Å²) in [5, 5.41) is 43.0. The molecule has 4 unspecified atom stereocenters. The predicted molar refractivity (Wildman–Crippen MR) is 109 cm³/mol. The maximum absolute atomic E-state index is 12.7. The lowest BCUT2D eigenvalue weighted by Gasteiger charge is -2.39. The summed E-state index contributed by atoms with van der Waals surface area (Å²) in [6.07, 6.45) is -1.75. The van der Waals surface area contributed by atoms with Crippen molar-refractivity contribution in [2.45, 2.75) is 78.1 Å². The smallest absolute Gasteiger partial charge is 0.230 e. The summed E-state index contributed by atoms with van der Waals surface area (Å²) in [6, 6.07) is 0. The van der Waals surface area contributed by atoms with E-state index in [-0.39, 0.29) is 48.5 Å². The Morgan fingerprint density at radius 2 is 1.83 bits per heavy atom. The van der Waals surface area contributed by atoms with E-state index in [1.807, 2.05) is 13.8 Å². The molecule has 0 aliphatic carbocycles. The summed E-state index contributed by atoms with van der Waals surface area (Å²) in [5.41, 5.74) is 0.160. The highest BCUT2D eigenvalue weighted by Crippen LogP contribution is 2.30. The molecule has 2 amide bonds. The molecule has 0 saturated heterocycles. The minimum absolute atomic E-state index is 0.0405. The summed E-state index contributed by atoms with van der Waals surface area (Å²) in [7, 11) is 0. The standard InChI is InChI=1S/C17H27N5O5.C2H6O/c1-4-6-11(24)20-17-21-16(27)13-15(22(17)12(25)7-5-2)19-10(8-18-13)14(26)9(3)23;1-2-3/h8-9,14,16-17,21,23,26-27H,4-7H2,1-3H3,(H,20,24);3H,2H2,1H3. The van der Waals surface area contributed by atoms with Crippen molar-refractivity contribution in [2.24, 2.45) is 0 Å². The maximum Gasteiger partial charge on any atom is 0.230 e. The Morgan fingerprint density at radius 3 is 2.37 bits per heavy atom. The van der Waals surface area contributed by atoms with Crippen LogP contribution in [0.4, 0.5) is 5.82 Å². The Labute approximate surface area is 176 Å². The highest BCUT2D eigenvalue weighted by Gasteiger charge is 2.38. The van der Waals surface area contributed by atoms with Crippen LogP contribution in [0.25, 0.3) is 0 Å². The predicted octanol–water partition coefficient (Wildman–Crippen LogP) is -0.183. The molecule has 0 aromatic carbocycles. The molecule has 0 fully saturated rings. The second-order valence-corrected chi connectivity index (χ2v) is 6.81. The first-order valence-corrected chi connectivity index (χ1v) is 10.1. The molecule has 0 saturated carbocycles. The van der Waals surface area contributed by atoms with Gasteiger partial charge in [-0.3, -0.25) is 19.5 Å². The lowest BCUT2D eigenvalue weighted by molar-refractivity contribution is -0.123. The molecule has 6 N–H and O–H groups in total. The van der Waals surface area contributed by atoms with Gasteiger partial charge in [-0.05, 0) is 26.7 Å². The van der Waals surface area contributed by atoms with Gasteiger partial charge in [-0.1, -0.05) is 13.8 Å². The summed E-state index contributed by atoms with van der Waals surface area (Å²) in [5.74, 6) is -0.565. The average molecular weight is 428 g/mol. The number of carbonyl (C=O) groups excluding carboxylic acids is 2. The van der Waals surface area contributed by atoms with E-state index in [1.54, 1.807) is 6.92 Å². The van der Waals surface area contributed by atoms with Gasteiger partial charge in [-0.15, -0.1) is 0 Å². The number of aliphatic hydroxyl groups is 4. The zero-order chi connectivity index (χ0) is 22.8. The number of aromatic nitrogens is 2. The van der Waals surface area contributed by atoms with Crippen molar-refractivity contribution in [3.05, 3.63) is 17.6 Å². The van der Waals surface area contributed by atoms with E-state index in [2.05, 4.69) is 20.6 Å². The van der Waals surface area contributed by atoms with Crippen LogP contribution in [0, 0.1) is 0 Å². The third-order valence-corrected chi connectivity index (χ3v) is 4.13. The first-order chi connectivity index (χ1) is 14.2. The quantitative estimate of drug-likeness (QED) is 0.346. The minimum Gasteiger partial charge on any atom is -0.397 e. The van der Waals surface area contributed by atoms with Gasteiger partial charge in [-0.2, -0.15) is 0 Å². The van der Waals surface area contributed by atoms with Gasteiger partial charge in [0.05, 0.1) is 18.0 Å². The van der Waals surface area contributed by atoms with E-state index >= 15 is 0 Å². The van der Waals surface area contributed by atoms with Crippen LogP contribution in [0.3, 0.4) is 0 Å². The molecule has 2 rings (SSSR count). The van der Waals surface area contributed by atoms with Gasteiger partial charge in [0, 0.05) is 19.4 Å². The van der Waals surface area contributed by atoms with E-state index in [0.29, 0.717) is 12.8 Å². The molecule has 170 valence electrons. The minimum atomic E-state index is -1.30. The van der Waals surface area contributed by atoms with E-state index < -0.39 is 24.7 Å². The molecule has 11 heteroatoms. The SMILES string of the molecule is CCCC(=O)NC1NC(O)c2ncc(C(O)C(C)O)nc2N1C(=O)CCC.CCO. The van der Waals surface area contributed by atoms with Crippen molar-refractivity contribution in [3.8, 4) is 0 Å². The molecule has 2 heterocycles. The molecule has 1 aromatic rings. The lowest BCUT2D eigenvalue weighted by Crippen LogP contribution is -2.62. The monoisotopic (exact) mass is 427 g/mol. The molecule has 0 bridgehead atoms. The van der Waals surface area contributed by atoms with Crippen molar-refractivity contribution >= 4 is 17.6 Å². The van der Waals surface area contributed by atoms with E-state index in [9.17, 15) is 24.9 Å². The summed E-state index contributed by atoms with van der Waals surface area (Å²) in [4.78, 5) is 34.3. The Kier molecular flexibility index (Phi) is 10.8. The molecule has 0 radical (unpaired) electrons. The number of nitrogens with one attached hydrogen (secondary N) is 2. The van der Waals surface area contributed by atoms with Gasteiger partial charge >= 0.3 is 0 Å². The summed E-state index contributed by atoms with van der Waals surface area (Å²) in [6.45, 7) is 7.03. The van der Waals surface area contributed by atoms with E-state index in [4.69, 9.17) is 5.11 Å². The largest absolute Gasteiger partial charge is 0.397 e. The number of fused-ring (bicyclic) bond motifs is 1. The van der Waals surface area contributed by atoms with Gasteiger partial charge in [-0.25, -0.2) is 10.3 Å². The van der Waals surface area contributed by atoms with Crippen LogP contribution in [0.5, 0.6) is 0 Å². The number of rotatable bonds is 7. The van der Waals surface area contributed by atoms with Gasteiger partial charge in [0.1, 0.15) is 11.8 Å². The zero-order valence-corrected chi connectivity index (χ0v) is 17.9. The van der Waals surface area contributed by atoms with Crippen LogP contribution in [0.1, 0.15) is 77.1 Å². The van der Waals surface area contributed by atoms with Crippen molar-refractivity contribution in [1.29, 1.82) is 0 Å². The topological polar surface area (TPSA) is 168 Å². The number of nitrogens with zero attached hydrogens (tertiary/aromatic N) is 3. The Balaban J connectivity index is 0.00000141. The lowest BCUT2D eigenvalue weighted by atomic mass is 10.1. The van der Waals surface area contributed by atoms with Crippen molar-refractivity contribution < 1.29 is 30.0 Å². The highest BCUT2D eigenvalue weighted by molar-refractivity contribution is 5.94. The normalized spacial score (nSPS) is 19.8. The molecule has 4 atom stereocenters. The van der Waals surface area contributed by atoms with E-state index in [1.165, 1.54) is 18.0 Å². The zero-order valence-electron chi connectivity index (χ0n) is 17.9. The van der Waals surface area contributed by atoms with Crippen LogP contribution >= 0.6 is 0 Å². The van der Waals surface area contributed by atoms with Crippen LogP contribution in [-0.2, 0) is 9.59 Å². The average Bonchev–Trinajstić information content (AvgIpc) is 2.68. The van der Waals surface area contributed by atoms with Gasteiger partial charge in [0.15, 0.2) is 18.3 Å². The third-order valence-electron chi connectivity index (χ3n) is 4.13. The van der Waals surface area contributed by atoms with Crippen molar-refractivity contribution in [1.82, 2.24) is 20.6 Å². The molecule has 11 nitrogen and oxygen atoms in total. The number of hydrogen-bond acceptors (Lipinski definition) is 9. The van der Waals surface area contributed by atoms with Crippen LogP contribution in [0.15, 0.2) is 6.20 Å². The molecule has 1 aromatic heterocycles. The second-order valence-electron chi connectivity index (χ2n) is 6.81. The number of hydrogen-bond donors (Lipinski definition) is 6. The fourth-order valence-electron chi connectivity index (χ4n) is 2.74. The number of anilines is 1. The Hall–Kier alpha value is -2.18. The van der Waals surface area contributed by atoms with Crippen LogP contribution in [-0.4, -0.2) is 61.2 Å². The first kappa shape index (κ1) is 25.9. The third kappa shape index (κ3) is 6.67. The second kappa shape index (κ2) is 12.5. The molecular weight excluding hydrogens is 394 g/mol. The van der Waals surface area contributed by atoms with Gasteiger partial charge < -0.3 is 25.7 Å². The molecular formula is C19H33N5O6. The van der Waals surface area contributed by atoms with Crippen molar-refractivity contribution in [3.63, 3.8) is 0 Å². The van der Waals surface area contributed by atoms with Gasteiger partial charge in [0.25, 0.3) is 0 Å². The number of aliphatic hydroxyl groups excluding tert-OH is 4. The number of amides is 2. The molecule has 0 spiro atoms. The van der Waals surface area contributed by atoms with Crippen molar-refractivity contribution in [2.75, 3.05) is 11.5 Å². The van der Waals surface area contributed by atoms with Gasteiger partial charge in [0.2, 0.25) is 11.8 Å². The van der Waals surface area contributed by atoms with Crippen LogP contribution in [0.2, 0.25) is 0 Å². The fourth-order valence-corrected chi connectivity index (χ4v) is 2.74. The molecule has 1 aliphatic rings. The summed E-state index contributed by atoms with van der Waals surface area (Å²) < 4.78 is 0. The number of carbonyl (C=O) groups is 2. The fraction of sp³-hybridized carbons (Fsp3) is 0.684. The first-order valence-electron chi connectivity index (χ1n) is 10.1.